The molecule has 0 saturated carbocycles. The zero-order valence-electron chi connectivity index (χ0n) is 9.61. The van der Waals surface area contributed by atoms with Crippen molar-refractivity contribution in [3.05, 3.63) is 60.7 Å². The third kappa shape index (κ3) is 2.31. The van der Waals surface area contributed by atoms with E-state index in [4.69, 9.17) is 0 Å². The Kier molecular flexibility index (Phi) is 3.37. The first kappa shape index (κ1) is 10.9. The molecular weight excluding hydrogens is 194 g/mol. The summed E-state index contributed by atoms with van der Waals surface area (Å²) in [6.07, 6.45) is 1.92. The monoisotopic (exact) mass is 211 g/mol. The van der Waals surface area contributed by atoms with Crippen LogP contribution in [0.2, 0.25) is 0 Å². The van der Waals surface area contributed by atoms with Gasteiger partial charge in [0.05, 0.1) is 0 Å². The maximum atomic E-state index is 3.77. The number of rotatable bonds is 4. The molecule has 1 nitrogen and oxygen atoms in total. The van der Waals surface area contributed by atoms with Gasteiger partial charge in [-0.25, -0.2) is 0 Å². The summed E-state index contributed by atoms with van der Waals surface area (Å²) in [6.45, 7) is 6.77. The first-order valence-corrected chi connectivity index (χ1v) is 5.64. The zero-order chi connectivity index (χ0) is 11.4. The highest BCUT2D eigenvalue weighted by molar-refractivity contribution is 5.85. The van der Waals surface area contributed by atoms with Crippen LogP contribution in [-0.2, 0) is 6.54 Å². The van der Waals surface area contributed by atoms with E-state index < -0.39 is 0 Å². The summed E-state index contributed by atoms with van der Waals surface area (Å²) in [5, 5.41) is 6.05. The Morgan fingerprint density at radius 3 is 2.75 bits per heavy atom. The maximum Gasteiger partial charge on any atom is 0.0222 e. The predicted molar refractivity (Wildman–Crippen MR) is 70.4 cm³/mol. The molecule has 2 aromatic carbocycles. The van der Waals surface area contributed by atoms with E-state index in [-0.39, 0.29) is 0 Å². The van der Waals surface area contributed by atoms with Crippen molar-refractivity contribution in [2.75, 3.05) is 0 Å². The smallest absolute Gasteiger partial charge is 0.0222 e. The molecule has 0 aliphatic heterocycles. The fourth-order valence-corrected chi connectivity index (χ4v) is 1.80. The van der Waals surface area contributed by atoms with Gasteiger partial charge >= 0.3 is 0 Å². The molecule has 16 heavy (non-hydrogen) atoms. The van der Waals surface area contributed by atoms with Crippen molar-refractivity contribution in [2.24, 2.45) is 0 Å². The minimum atomic E-state index is 0.346. The summed E-state index contributed by atoms with van der Waals surface area (Å²) in [5.41, 5.74) is 1.34. The normalized spacial score (nSPS) is 12.6. The van der Waals surface area contributed by atoms with Gasteiger partial charge < -0.3 is 5.32 Å². The third-order valence-electron chi connectivity index (χ3n) is 2.85. The Morgan fingerprint density at radius 2 is 1.94 bits per heavy atom. The molecule has 0 bridgehead atoms. The van der Waals surface area contributed by atoms with Gasteiger partial charge in [0.15, 0.2) is 0 Å². The first-order chi connectivity index (χ1) is 7.81. The quantitative estimate of drug-likeness (QED) is 0.763. The van der Waals surface area contributed by atoms with Gasteiger partial charge in [-0.3, -0.25) is 0 Å². The molecule has 0 aliphatic carbocycles. The van der Waals surface area contributed by atoms with Gasteiger partial charge in [-0.05, 0) is 23.3 Å². The average molecular weight is 211 g/mol. The van der Waals surface area contributed by atoms with Crippen molar-refractivity contribution in [1.82, 2.24) is 5.32 Å². The summed E-state index contributed by atoms with van der Waals surface area (Å²) in [7, 11) is 0. The van der Waals surface area contributed by atoms with Crippen LogP contribution in [0.1, 0.15) is 12.5 Å². The van der Waals surface area contributed by atoms with Crippen LogP contribution in [0, 0.1) is 0 Å². The van der Waals surface area contributed by atoms with Crippen LogP contribution in [-0.4, -0.2) is 6.04 Å². The molecule has 0 aliphatic rings. The Hall–Kier alpha value is -1.60. The van der Waals surface area contributed by atoms with Crippen molar-refractivity contribution in [3.8, 4) is 0 Å². The van der Waals surface area contributed by atoms with Crippen molar-refractivity contribution in [1.29, 1.82) is 0 Å². The summed E-state index contributed by atoms with van der Waals surface area (Å²) in [6, 6.07) is 15.3. The van der Waals surface area contributed by atoms with Crippen molar-refractivity contribution >= 4 is 10.8 Å². The number of benzene rings is 2. The highest BCUT2D eigenvalue weighted by Crippen LogP contribution is 2.18. The highest BCUT2D eigenvalue weighted by Gasteiger charge is 2.00. The van der Waals surface area contributed by atoms with Gasteiger partial charge in [0.1, 0.15) is 0 Å². The van der Waals surface area contributed by atoms with Crippen LogP contribution in [0.15, 0.2) is 55.1 Å². The Bertz CT molecular complexity index is 482. The third-order valence-corrected chi connectivity index (χ3v) is 2.85. The second-order valence-corrected chi connectivity index (χ2v) is 4.04. The Balaban J connectivity index is 2.27. The van der Waals surface area contributed by atoms with Crippen LogP contribution in [0.4, 0.5) is 0 Å². The lowest BCUT2D eigenvalue weighted by atomic mass is 10.0. The number of hydrogen-bond donors (Lipinski definition) is 1. The molecule has 2 rings (SSSR count). The van der Waals surface area contributed by atoms with Crippen LogP contribution >= 0.6 is 0 Å². The average Bonchev–Trinajstić information content (AvgIpc) is 2.35. The van der Waals surface area contributed by atoms with Crippen molar-refractivity contribution in [3.63, 3.8) is 0 Å². The van der Waals surface area contributed by atoms with Crippen LogP contribution < -0.4 is 5.32 Å². The van der Waals surface area contributed by atoms with Gasteiger partial charge in [0.2, 0.25) is 0 Å². The molecular formula is C15H17N. The van der Waals surface area contributed by atoms with E-state index >= 15 is 0 Å². The van der Waals surface area contributed by atoms with E-state index in [1.165, 1.54) is 16.3 Å². The van der Waals surface area contributed by atoms with Crippen molar-refractivity contribution in [2.45, 2.75) is 19.5 Å². The van der Waals surface area contributed by atoms with Crippen LogP contribution in [0.25, 0.3) is 10.8 Å². The maximum absolute atomic E-state index is 3.77. The summed E-state index contributed by atoms with van der Waals surface area (Å²) in [4.78, 5) is 0. The lowest BCUT2D eigenvalue weighted by molar-refractivity contribution is 0.636. The lowest BCUT2D eigenvalue weighted by Crippen LogP contribution is -2.22. The summed E-state index contributed by atoms with van der Waals surface area (Å²) < 4.78 is 0. The molecule has 0 spiro atoms. The van der Waals surface area contributed by atoms with E-state index in [0.29, 0.717) is 6.04 Å². The SMILES string of the molecule is C=CC(C)NCc1cccc2ccccc12. The largest absolute Gasteiger partial charge is 0.307 e. The fourth-order valence-electron chi connectivity index (χ4n) is 1.80. The molecule has 1 heteroatoms. The van der Waals surface area contributed by atoms with Gasteiger partial charge in [-0.1, -0.05) is 48.5 Å². The molecule has 0 aromatic heterocycles. The Morgan fingerprint density at radius 1 is 1.19 bits per heavy atom. The van der Waals surface area contributed by atoms with Crippen LogP contribution in [0.3, 0.4) is 0 Å². The summed E-state index contributed by atoms with van der Waals surface area (Å²) in [5.74, 6) is 0. The fraction of sp³-hybridized carbons (Fsp3) is 0.200. The molecule has 0 fully saturated rings. The zero-order valence-corrected chi connectivity index (χ0v) is 9.61. The number of fused-ring (bicyclic) bond motifs is 1. The van der Waals surface area contributed by atoms with E-state index in [9.17, 15) is 0 Å². The molecule has 82 valence electrons. The van der Waals surface area contributed by atoms with Gasteiger partial charge in [0.25, 0.3) is 0 Å². The molecule has 1 N–H and O–H groups in total. The molecule has 0 radical (unpaired) electrons. The minimum absolute atomic E-state index is 0.346. The van der Waals surface area contributed by atoms with E-state index in [1.54, 1.807) is 0 Å². The molecule has 0 heterocycles. The molecule has 0 amide bonds. The molecule has 1 unspecified atom stereocenters. The topological polar surface area (TPSA) is 12.0 Å². The van der Waals surface area contributed by atoms with Crippen LogP contribution in [0.5, 0.6) is 0 Å². The van der Waals surface area contributed by atoms with Gasteiger partial charge in [-0.2, -0.15) is 0 Å². The van der Waals surface area contributed by atoms with Crippen molar-refractivity contribution < 1.29 is 0 Å². The first-order valence-electron chi connectivity index (χ1n) is 5.64. The van der Waals surface area contributed by atoms with Gasteiger partial charge in [-0.15, -0.1) is 6.58 Å². The molecule has 2 aromatic rings. The summed E-state index contributed by atoms with van der Waals surface area (Å²) >= 11 is 0. The lowest BCUT2D eigenvalue weighted by Gasteiger charge is -2.11. The predicted octanol–water partition coefficient (Wildman–Crippen LogP) is 3.50. The molecule has 0 saturated heterocycles. The number of hydrogen-bond acceptors (Lipinski definition) is 1. The highest BCUT2D eigenvalue weighted by atomic mass is 14.9. The second kappa shape index (κ2) is 4.95. The van der Waals surface area contributed by atoms with E-state index in [2.05, 4.69) is 61.3 Å². The standard InChI is InChI=1S/C15H17N/c1-3-12(2)16-11-14-9-6-8-13-7-4-5-10-15(13)14/h3-10,12,16H,1,11H2,2H3. The van der Waals surface area contributed by atoms with Gasteiger partial charge in [0, 0.05) is 12.6 Å². The Labute approximate surface area is 96.8 Å². The van der Waals surface area contributed by atoms with E-state index in [0.717, 1.165) is 6.54 Å². The minimum Gasteiger partial charge on any atom is -0.307 e. The van der Waals surface area contributed by atoms with E-state index in [1.807, 2.05) is 6.08 Å². The second-order valence-electron chi connectivity index (χ2n) is 4.04. The molecule has 1 atom stereocenters. The number of nitrogens with one attached hydrogen (secondary N) is 1.